The molecule has 0 spiro atoms. The molecule has 1 N–H and O–H groups in total. The van der Waals surface area contributed by atoms with Crippen LogP contribution in [0.5, 0.6) is 0 Å². The predicted octanol–water partition coefficient (Wildman–Crippen LogP) is 2.85. The van der Waals surface area contributed by atoms with E-state index in [1.54, 1.807) is 0 Å². The van der Waals surface area contributed by atoms with E-state index in [0.717, 1.165) is 6.54 Å². The van der Waals surface area contributed by atoms with Gasteiger partial charge in [-0.25, -0.2) is 0 Å². The molecule has 0 heterocycles. The van der Waals surface area contributed by atoms with Crippen molar-refractivity contribution in [3.63, 3.8) is 0 Å². The molecule has 1 atom stereocenters. The summed E-state index contributed by atoms with van der Waals surface area (Å²) in [4.78, 5) is 13.4. The average molecular weight is 229 g/mol. The van der Waals surface area contributed by atoms with Gasteiger partial charge in [-0.2, -0.15) is 0 Å². The molecular weight excluding hydrogens is 202 g/mol. The average Bonchev–Trinajstić information content (AvgIpc) is 1.98. The summed E-state index contributed by atoms with van der Waals surface area (Å²) in [5.74, 6) is -0.350. The molecule has 3 heteroatoms. The highest BCUT2D eigenvalue weighted by Gasteiger charge is 2.39. The van der Waals surface area contributed by atoms with Gasteiger partial charge in [0.2, 0.25) is 0 Å². The van der Waals surface area contributed by atoms with Crippen molar-refractivity contribution in [3.8, 4) is 0 Å². The van der Waals surface area contributed by atoms with Crippen LogP contribution in [0.4, 0.5) is 0 Å². The topological polar surface area (TPSA) is 40.5 Å². The molecule has 0 amide bonds. The number of carboxylic acids is 1. The van der Waals surface area contributed by atoms with E-state index in [-0.39, 0.29) is 5.41 Å². The fourth-order valence-corrected chi connectivity index (χ4v) is 2.09. The van der Waals surface area contributed by atoms with Crippen LogP contribution in [0.15, 0.2) is 0 Å². The first-order chi connectivity index (χ1) is 6.99. The van der Waals surface area contributed by atoms with Crippen LogP contribution in [-0.4, -0.2) is 35.1 Å². The largest absolute Gasteiger partial charge is 0.480 e. The lowest BCUT2D eigenvalue weighted by Crippen LogP contribution is -2.53. The summed E-state index contributed by atoms with van der Waals surface area (Å²) in [6.45, 7) is 13.1. The Morgan fingerprint density at radius 3 is 1.94 bits per heavy atom. The molecule has 0 aromatic heterocycles. The zero-order valence-electron chi connectivity index (χ0n) is 11.8. The highest BCUT2D eigenvalue weighted by atomic mass is 16.4. The fraction of sp³-hybridized carbons (Fsp3) is 0.923. The standard InChI is InChI=1S/C13H27NO2/c1-10(2)8-13(6,11(15)16)14(7)9-12(3,4)5/h10H,8-9H2,1-7H3,(H,15,16). The molecule has 0 bridgehead atoms. The summed E-state index contributed by atoms with van der Waals surface area (Å²) in [7, 11) is 1.90. The molecule has 16 heavy (non-hydrogen) atoms. The maximum Gasteiger partial charge on any atom is 0.323 e. The molecule has 0 saturated carbocycles. The van der Waals surface area contributed by atoms with Gasteiger partial charge in [0.25, 0.3) is 0 Å². The predicted molar refractivity (Wildman–Crippen MR) is 67.6 cm³/mol. The lowest BCUT2D eigenvalue weighted by atomic mass is 9.86. The lowest BCUT2D eigenvalue weighted by molar-refractivity contribution is -0.151. The number of hydrogen-bond acceptors (Lipinski definition) is 2. The van der Waals surface area contributed by atoms with Crippen molar-refractivity contribution in [2.75, 3.05) is 13.6 Å². The quantitative estimate of drug-likeness (QED) is 0.788. The van der Waals surface area contributed by atoms with E-state index in [4.69, 9.17) is 0 Å². The third kappa shape index (κ3) is 4.52. The minimum absolute atomic E-state index is 0.114. The molecule has 0 aromatic rings. The number of likely N-dealkylation sites (N-methyl/N-ethyl adjacent to an activating group) is 1. The highest BCUT2D eigenvalue weighted by Crippen LogP contribution is 2.27. The number of aliphatic carboxylic acids is 1. The highest BCUT2D eigenvalue weighted by molar-refractivity contribution is 5.78. The zero-order valence-corrected chi connectivity index (χ0v) is 11.8. The van der Waals surface area contributed by atoms with Gasteiger partial charge in [0, 0.05) is 6.54 Å². The molecule has 0 saturated heterocycles. The maximum atomic E-state index is 11.4. The number of rotatable bonds is 5. The summed E-state index contributed by atoms with van der Waals surface area (Å²) in [5.41, 5.74) is -0.649. The van der Waals surface area contributed by atoms with Gasteiger partial charge in [0.15, 0.2) is 0 Å². The van der Waals surface area contributed by atoms with Crippen LogP contribution in [0.2, 0.25) is 0 Å². The van der Waals surface area contributed by atoms with Crippen molar-refractivity contribution >= 4 is 5.97 Å². The number of carbonyl (C=O) groups is 1. The molecule has 1 unspecified atom stereocenters. The molecule has 3 nitrogen and oxygen atoms in total. The first-order valence-corrected chi connectivity index (χ1v) is 5.93. The second-order valence-corrected chi connectivity index (χ2v) is 6.59. The Bertz CT molecular complexity index is 243. The monoisotopic (exact) mass is 229 g/mol. The van der Waals surface area contributed by atoms with E-state index < -0.39 is 11.5 Å². The van der Waals surface area contributed by atoms with E-state index in [9.17, 15) is 9.90 Å². The van der Waals surface area contributed by atoms with E-state index in [1.807, 2.05) is 18.9 Å². The summed E-state index contributed by atoms with van der Waals surface area (Å²) < 4.78 is 0. The van der Waals surface area contributed by atoms with E-state index in [0.29, 0.717) is 12.3 Å². The van der Waals surface area contributed by atoms with E-state index >= 15 is 0 Å². The Kier molecular flexibility index (Phi) is 4.99. The van der Waals surface area contributed by atoms with Gasteiger partial charge in [0.1, 0.15) is 5.54 Å². The molecule has 0 aliphatic carbocycles. The Labute approximate surface area is 99.8 Å². The van der Waals surface area contributed by atoms with Gasteiger partial charge in [-0.05, 0) is 31.7 Å². The Hall–Kier alpha value is -0.570. The van der Waals surface area contributed by atoms with Gasteiger partial charge in [0.05, 0.1) is 0 Å². The lowest BCUT2D eigenvalue weighted by Gasteiger charge is -2.39. The van der Waals surface area contributed by atoms with Crippen molar-refractivity contribution in [1.29, 1.82) is 0 Å². The molecule has 0 fully saturated rings. The normalized spacial score (nSPS) is 16.6. The molecular formula is C13H27NO2. The van der Waals surface area contributed by atoms with Crippen LogP contribution >= 0.6 is 0 Å². The van der Waals surface area contributed by atoms with Crippen molar-refractivity contribution in [3.05, 3.63) is 0 Å². The van der Waals surface area contributed by atoms with Crippen molar-refractivity contribution < 1.29 is 9.90 Å². The Morgan fingerprint density at radius 2 is 1.69 bits per heavy atom. The molecule has 0 radical (unpaired) electrons. The van der Waals surface area contributed by atoms with Crippen LogP contribution in [0, 0.1) is 11.3 Å². The number of nitrogens with zero attached hydrogens (tertiary/aromatic N) is 1. The summed E-state index contributed by atoms with van der Waals surface area (Å²) >= 11 is 0. The second-order valence-electron chi connectivity index (χ2n) is 6.59. The van der Waals surface area contributed by atoms with Crippen LogP contribution < -0.4 is 0 Å². The summed E-state index contributed by atoms with van der Waals surface area (Å²) in [5, 5.41) is 9.41. The zero-order chi connectivity index (χ0) is 13.1. The smallest absolute Gasteiger partial charge is 0.323 e. The van der Waals surface area contributed by atoms with E-state index in [2.05, 4.69) is 34.6 Å². The van der Waals surface area contributed by atoms with Gasteiger partial charge in [-0.3, -0.25) is 9.69 Å². The van der Waals surface area contributed by atoms with Crippen LogP contribution in [0.1, 0.15) is 48.0 Å². The van der Waals surface area contributed by atoms with Crippen molar-refractivity contribution in [1.82, 2.24) is 4.90 Å². The number of carboxylic acid groups (broad SMARTS) is 1. The first kappa shape index (κ1) is 15.4. The van der Waals surface area contributed by atoms with Gasteiger partial charge >= 0.3 is 5.97 Å². The second kappa shape index (κ2) is 5.17. The van der Waals surface area contributed by atoms with Crippen molar-refractivity contribution in [2.45, 2.75) is 53.5 Å². The van der Waals surface area contributed by atoms with Crippen molar-refractivity contribution in [2.24, 2.45) is 11.3 Å². The fourth-order valence-electron chi connectivity index (χ4n) is 2.09. The first-order valence-electron chi connectivity index (χ1n) is 5.93. The minimum atomic E-state index is -0.762. The third-order valence-corrected chi connectivity index (χ3v) is 2.82. The number of hydrogen-bond donors (Lipinski definition) is 1. The molecule has 0 rings (SSSR count). The Balaban J connectivity index is 4.84. The molecule has 0 aromatic carbocycles. The maximum absolute atomic E-state index is 11.4. The van der Waals surface area contributed by atoms with Gasteiger partial charge in [-0.1, -0.05) is 34.6 Å². The van der Waals surface area contributed by atoms with Gasteiger partial charge < -0.3 is 5.11 Å². The summed E-state index contributed by atoms with van der Waals surface area (Å²) in [6, 6.07) is 0. The molecule has 96 valence electrons. The van der Waals surface area contributed by atoms with Crippen LogP contribution in [0.3, 0.4) is 0 Å². The molecule has 0 aliphatic rings. The van der Waals surface area contributed by atoms with E-state index in [1.165, 1.54) is 0 Å². The SMILES string of the molecule is CC(C)CC(C)(C(=O)O)N(C)CC(C)(C)C. The Morgan fingerprint density at radius 1 is 1.25 bits per heavy atom. The van der Waals surface area contributed by atoms with Gasteiger partial charge in [-0.15, -0.1) is 0 Å². The third-order valence-electron chi connectivity index (χ3n) is 2.82. The van der Waals surface area contributed by atoms with Crippen LogP contribution in [0.25, 0.3) is 0 Å². The minimum Gasteiger partial charge on any atom is -0.480 e. The molecule has 0 aliphatic heterocycles. The summed E-state index contributed by atoms with van der Waals surface area (Å²) in [6.07, 6.45) is 0.676. The van der Waals surface area contributed by atoms with Crippen LogP contribution in [-0.2, 0) is 4.79 Å².